The van der Waals surface area contributed by atoms with Gasteiger partial charge in [0, 0.05) is 44.7 Å². The normalized spacial score (nSPS) is 12.0. The summed E-state index contributed by atoms with van der Waals surface area (Å²) in [5.41, 5.74) is 0.881. The molecule has 23 heavy (non-hydrogen) atoms. The van der Waals surface area contributed by atoms with Gasteiger partial charge in [-0.1, -0.05) is 18.2 Å². The van der Waals surface area contributed by atoms with Crippen molar-refractivity contribution in [2.75, 3.05) is 11.6 Å². The Morgan fingerprint density at radius 3 is 2.70 bits per heavy atom. The number of carbonyl (C=O) groups excluding carboxylic acids is 1. The van der Waals surface area contributed by atoms with E-state index in [2.05, 4.69) is 10.3 Å². The Kier molecular flexibility index (Phi) is 4.08. The summed E-state index contributed by atoms with van der Waals surface area (Å²) in [6, 6.07) is 13.7. The van der Waals surface area contributed by atoms with Crippen LogP contribution in [0.15, 0.2) is 64.4 Å². The second kappa shape index (κ2) is 6.18. The maximum Gasteiger partial charge on any atom is 0.261 e. The smallest absolute Gasteiger partial charge is 0.261 e. The molecule has 3 aromatic rings. The number of aromatic amines is 1. The molecule has 0 aliphatic heterocycles. The molecule has 0 spiro atoms. The van der Waals surface area contributed by atoms with Crippen LogP contribution in [0.2, 0.25) is 0 Å². The van der Waals surface area contributed by atoms with Crippen LogP contribution in [0.25, 0.3) is 10.9 Å². The third kappa shape index (κ3) is 3.07. The summed E-state index contributed by atoms with van der Waals surface area (Å²) in [5, 5.41) is 3.13. The van der Waals surface area contributed by atoms with E-state index in [4.69, 9.17) is 0 Å². The van der Waals surface area contributed by atoms with Crippen LogP contribution >= 0.6 is 0 Å². The van der Waals surface area contributed by atoms with Crippen LogP contribution in [-0.2, 0) is 10.8 Å². The number of pyridine rings is 1. The van der Waals surface area contributed by atoms with Crippen molar-refractivity contribution in [3.63, 3.8) is 0 Å². The molecule has 6 heteroatoms. The topological polar surface area (TPSA) is 79.0 Å². The van der Waals surface area contributed by atoms with Gasteiger partial charge in [-0.25, -0.2) is 0 Å². The molecule has 3 rings (SSSR count). The van der Waals surface area contributed by atoms with E-state index < -0.39 is 16.7 Å². The van der Waals surface area contributed by atoms with Crippen molar-refractivity contribution >= 4 is 33.3 Å². The molecule has 0 saturated carbocycles. The number of hydrogen-bond acceptors (Lipinski definition) is 3. The van der Waals surface area contributed by atoms with Gasteiger partial charge in [-0.2, -0.15) is 0 Å². The number of H-pyrrole nitrogens is 1. The van der Waals surface area contributed by atoms with E-state index in [1.54, 1.807) is 48.7 Å². The van der Waals surface area contributed by atoms with Gasteiger partial charge in [0.15, 0.2) is 0 Å². The van der Waals surface area contributed by atoms with Crippen LogP contribution in [0.1, 0.15) is 10.4 Å². The van der Waals surface area contributed by atoms with Gasteiger partial charge in [0.25, 0.3) is 5.91 Å². The summed E-state index contributed by atoms with van der Waals surface area (Å²) in [6.45, 7) is 0. The number of fused-ring (bicyclic) bond motifs is 1. The van der Waals surface area contributed by atoms with Crippen molar-refractivity contribution in [3.05, 3.63) is 70.5 Å². The van der Waals surface area contributed by atoms with Crippen molar-refractivity contribution in [1.82, 2.24) is 4.98 Å². The molecule has 0 radical (unpaired) electrons. The molecule has 1 heterocycles. The largest absolute Gasteiger partial charge is 0.360 e. The molecule has 1 amide bonds. The van der Waals surface area contributed by atoms with E-state index in [1.165, 1.54) is 6.20 Å². The average molecular weight is 326 g/mol. The lowest BCUT2D eigenvalue weighted by molar-refractivity contribution is 0.102. The van der Waals surface area contributed by atoms with E-state index in [-0.39, 0.29) is 11.0 Å². The van der Waals surface area contributed by atoms with Crippen LogP contribution in [0.5, 0.6) is 0 Å². The first kappa shape index (κ1) is 15.2. The zero-order valence-electron chi connectivity index (χ0n) is 12.3. The molecule has 0 aliphatic rings. The van der Waals surface area contributed by atoms with Crippen LogP contribution in [0, 0.1) is 0 Å². The van der Waals surface area contributed by atoms with Crippen molar-refractivity contribution < 1.29 is 9.00 Å². The summed E-state index contributed by atoms with van der Waals surface area (Å²) in [5.74, 6) is -0.504. The number of nitrogens with one attached hydrogen (secondary N) is 2. The third-order valence-electron chi connectivity index (χ3n) is 3.46. The maximum atomic E-state index is 12.4. The summed E-state index contributed by atoms with van der Waals surface area (Å²) < 4.78 is 11.5. The zero-order chi connectivity index (χ0) is 16.4. The first-order valence-corrected chi connectivity index (χ1v) is 8.47. The molecule has 1 atom stereocenters. The highest BCUT2D eigenvalue weighted by Gasteiger charge is 2.13. The lowest BCUT2D eigenvalue weighted by Crippen LogP contribution is -2.21. The Morgan fingerprint density at radius 2 is 1.91 bits per heavy atom. The van der Waals surface area contributed by atoms with E-state index in [9.17, 15) is 13.8 Å². The minimum absolute atomic E-state index is 0.0340. The SMILES string of the molecule is CS(=O)c1cccc(NC(=O)c2c[nH]c3ccccc3c2=O)c1. The van der Waals surface area contributed by atoms with Crippen molar-refractivity contribution in [3.8, 4) is 0 Å². The highest BCUT2D eigenvalue weighted by molar-refractivity contribution is 7.84. The summed E-state index contributed by atoms with van der Waals surface area (Å²) in [4.78, 5) is 28.3. The monoisotopic (exact) mass is 326 g/mol. The Labute approximate surface area is 134 Å². The number of anilines is 1. The van der Waals surface area contributed by atoms with Gasteiger partial charge in [0.1, 0.15) is 5.56 Å². The summed E-state index contributed by atoms with van der Waals surface area (Å²) in [7, 11) is -1.14. The van der Waals surface area contributed by atoms with Crippen molar-refractivity contribution in [1.29, 1.82) is 0 Å². The van der Waals surface area contributed by atoms with Crippen molar-refractivity contribution in [2.45, 2.75) is 4.90 Å². The Balaban J connectivity index is 1.95. The van der Waals surface area contributed by atoms with Crippen molar-refractivity contribution in [2.24, 2.45) is 0 Å². The number of amides is 1. The van der Waals surface area contributed by atoms with E-state index in [0.29, 0.717) is 21.5 Å². The number of benzene rings is 2. The summed E-state index contributed by atoms with van der Waals surface area (Å²) in [6.07, 6.45) is 2.97. The molecular weight excluding hydrogens is 312 g/mol. The maximum absolute atomic E-state index is 12.4. The van der Waals surface area contributed by atoms with Gasteiger partial charge in [0.05, 0.1) is 0 Å². The Hall–Kier alpha value is -2.73. The number of para-hydroxylation sites is 1. The standard InChI is InChI=1S/C17H14N2O3S/c1-23(22)12-6-4-5-11(9-12)19-17(21)14-10-18-15-8-3-2-7-13(15)16(14)20/h2-10H,1H3,(H,18,20)(H,19,21). The molecule has 116 valence electrons. The van der Waals surface area contributed by atoms with E-state index >= 15 is 0 Å². The fourth-order valence-corrected chi connectivity index (χ4v) is 2.85. The van der Waals surface area contributed by atoms with Crippen LogP contribution in [0.4, 0.5) is 5.69 Å². The third-order valence-corrected chi connectivity index (χ3v) is 4.37. The number of hydrogen-bond donors (Lipinski definition) is 2. The second-order valence-corrected chi connectivity index (χ2v) is 6.39. The Bertz CT molecular complexity index is 979. The van der Waals surface area contributed by atoms with Gasteiger partial charge < -0.3 is 10.3 Å². The second-order valence-electron chi connectivity index (χ2n) is 5.01. The summed E-state index contributed by atoms with van der Waals surface area (Å²) >= 11 is 0. The quantitative estimate of drug-likeness (QED) is 0.776. The number of aromatic nitrogens is 1. The van der Waals surface area contributed by atoms with Crippen LogP contribution in [-0.4, -0.2) is 21.4 Å². The highest BCUT2D eigenvalue weighted by Crippen LogP contribution is 2.14. The minimum Gasteiger partial charge on any atom is -0.360 e. The van der Waals surface area contributed by atoms with Crippen LogP contribution < -0.4 is 10.7 Å². The molecule has 1 unspecified atom stereocenters. The fraction of sp³-hybridized carbons (Fsp3) is 0.0588. The molecule has 0 fully saturated rings. The van der Waals surface area contributed by atoms with Gasteiger partial charge in [-0.05, 0) is 30.3 Å². The lowest BCUT2D eigenvalue weighted by Gasteiger charge is -2.07. The van der Waals surface area contributed by atoms with E-state index in [1.807, 2.05) is 6.07 Å². The average Bonchev–Trinajstić information content (AvgIpc) is 2.55. The molecule has 0 aliphatic carbocycles. The predicted molar refractivity (Wildman–Crippen MR) is 91.3 cm³/mol. The number of carbonyl (C=O) groups is 1. The molecule has 1 aromatic heterocycles. The van der Waals surface area contributed by atoms with Gasteiger partial charge in [-0.15, -0.1) is 0 Å². The zero-order valence-corrected chi connectivity index (χ0v) is 13.1. The Morgan fingerprint density at radius 1 is 1.13 bits per heavy atom. The molecule has 2 aromatic carbocycles. The van der Waals surface area contributed by atoms with Gasteiger partial charge >= 0.3 is 0 Å². The van der Waals surface area contributed by atoms with Gasteiger partial charge in [0.2, 0.25) is 5.43 Å². The molecular formula is C17H14N2O3S. The fourth-order valence-electron chi connectivity index (χ4n) is 2.29. The molecule has 5 nitrogen and oxygen atoms in total. The minimum atomic E-state index is -1.14. The highest BCUT2D eigenvalue weighted by atomic mass is 32.2. The lowest BCUT2D eigenvalue weighted by atomic mass is 10.1. The molecule has 0 bridgehead atoms. The molecule has 0 saturated heterocycles. The number of rotatable bonds is 3. The first-order valence-electron chi connectivity index (χ1n) is 6.91. The molecule has 2 N–H and O–H groups in total. The van der Waals surface area contributed by atoms with Gasteiger partial charge in [-0.3, -0.25) is 13.8 Å². The first-order chi connectivity index (χ1) is 11.1. The van der Waals surface area contributed by atoms with Crippen LogP contribution in [0.3, 0.4) is 0 Å². The van der Waals surface area contributed by atoms with E-state index in [0.717, 1.165) is 0 Å². The predicted octanol–water partition coefficient (Wildman–Crippen LogP) is 2.52.